The number of carbonyl (C=O) groups excluding carboxylic acids is 2. The average Bonchev–Trinajstić information content (AvgIpc) is 3.12. The number of benzene rings is 2. The Morgan fingerprint density at radius 1 is 1.12 bits per heavy atom. The van der Waals surface area contributed by atoms with Crippen molar-refractivity contribution in [2.24, 2.45) is 10.7 Å². The highest BCUT2D eigenvalue weighted by Crippen LogP contribution is 2.39. The van der Waals surface area contributed by atoms with Gasteiger partial charge in [-0.25, -0.2) is 9.79 Å². The lowest BCUT2D eigenvalue weighted by molar-refractivity contribution is -0.130. The van der Waals surface area contributed by atoms with Crippen LogP contribution in [-0.4, -0.2) is 44.7 Å². The topological polar surface area (TPSA) is 119 Å². The number of methoxy groups -OCH3 is 2. The predicted molar refractivity (Wildman–Crippen MR) is 117 cm³/mol. The smallest absolute Gasteiger partial charge is 0.363 e. The summed E-state index contributed by atoms with van der Waals surface area (Å²) in [5.74, 6) is 0.495. The number of carbonyl (C=O) groups is 2. The van der Waals surface area contributed by atoms with Crippen LogP contribution in [0.15, 0.2) is 47.1 Å². The van der Waals surface area contributed by atoms with Crippen molar-refractivity contribution < 1.29 is 33.3 Å². The van der Waals surface area contributed by atoms with Crippen LogP contribution in [0.25, 0.3) is 6.08 Å². The van der Waals surface area contributed by atoms with Gasteiger partial charge < -0.3 is 29.4 Å². The number of amides is 1. The maximum atomic E-state index is 12.4. The minimum atomic E-state index is -0.639. The number of primary amides is 1. The number of cyclic esters (lactones) is 1. The Kier molecular flexibility index (Phi) is 6.99. The summed E-state index contributed by atoms with van der Waals surface area (Å²) in [7, 11) is 2.88. The molecule has 0 radical (unpaired) electrons. The van der Waals surface area contributed by atoms with Crippen LogP contribution >= 0.6 is 0 Å². The van der Waals surface area contributed by atoms with Crippen LogP contribution in [0.4, 0.5) is 0 Å². The molecule has 2 N–H and O–H groups in total. The van der Waals surface area contributed by atoms with Crippen molar-refractivity contribution in [3.05, 3.63) is 53.2 Å². The average molecular weight is 440 g/mol. The number of aliphatic imine (C=N–C) groups is 1. The van der Waals surface area contributed by atoms with Crippen LogP contribution in [0.5, 0.6) is 23.0 Å². The second-order valence-electron chi connectivity index (χ2n) is 7.04. The van der Waals surface area contributed by atoms with E-state index in [-0.39, 0.29) is 30.1 Å². The van der Waals surface area contributed by atoms with E-state index < -0.39 is 11.9 Å². The summed E-state index contributed by atoms with van der Waals surface area (Å²) in [6.45, 7) is 3.54. The number of rotatable bonds is 9. The first-order valence-corrected chi connectivity index (χ1v) is 9.77. The van der Waals surface area contributed by atoms with E-state index in [0.29, 0.717) is 28.4 Å². The van der Waals surface area contributed by atoms with Gasteiger partial charge in [0, 0.05) is 5.56 Å². The summed E-state index contributed by atoms with van der Waals surface area (Å²) in [5.41, 5.74) is 6.45. The van der Waals surface area contributed by atoms with E-state index in [1.54, 1.807) is 36.4 Å². The highest BCUT2D eigenvalue weighted by atomic mass is 16.6. The molecule has 1 aliphatic heterocycles. The lowest BCUT2D eigenvalue weighted by atomic mass is 10.1. The van der Waals surface area contributed by atoms with Gasteiger partial charge in [0.2, 0.25) is 11.6 Å². The van der Waals surface area contributed by atoms with Crippen molar-refractivity contribution in [2.45, 2.75) is 20.0 Å². The highest BCUT2D eigenvalue weighted by molar-refractivity contribution is 6.12. The Labute approximate surface area is 185 Å². The Morgan fingerprint density at radius 3 is 2.28 bits per heavy atom. The summed E-state index contributed by atoms with van der Waals surface area (Å²) >= 11 is 0. The molecule has 32 heavy (non-hydrogen) atoms. The third kappa shape index (κ3) is 5.37. The predicted octanol–water partition coefficient (Wildman–Crippen LogP) is 2.70. The quantitative estimate of drug-likeness (QED) is 0.470. The van der Waals surface area contributed by atoms with E-state index >= 15 is 0 Å². The van der Waals surface area contributed by atoms with Crippen LogP contribution in [0.1, 0.15) is 25.0 Å². The molecule has 0 fully saturated rings. The van der Waals surface area contributed by atoms with Crippen LogP contribution in [0.2, 0.25) is 0 Å². The SMILES string of the molecule is COc1cc(/C=C2\N=C(c3ccc(OC(C)C)cc3)OC2=O)cc(OC)c1OCC(N)=O. The van der Waals surface area contributed by atoms with E-state index in [2.05, 4.69) is 4.99 Å². The molecule has 2 aromatic rings. The van der Waals surface area contributed by atoms with Crippen molar-refractivity contribution in [3.8, 4) is 23.0 Å². The molecule has 9 nitrogen and oxygen atoms in total. The zero-order chi connectivity index (χ0) is 23.3. The summed E-state index contributed by atoms with van der Waals surface area (Å²) in [6.07, 6.45) is 1.59. The van der Waals surface area contributed by atoms with E-state index in [1.807, 2.05) is 13.8 Å². The summed E-state index contributed by atoms with van der Waals surface area (Å²) in [6, 6.07) is 10.3. The molecule has 0 aromatic heterocycles. The minimum absolute atomic E-state index is 0.0543. The maximum absolute atomic E-state index is 12.4. The third-order valence-corrected chi connectivity index (χ3v) is 4.24. The van der Waals surface area contributed by atoms with Gasteiger partial charge in [0.25, 0.3) is 5.91 Å². The first-order chi connectivity index (χ1) is 15.3. The second kappa shape index (κ2) is 9.86. The first kappa shape index (κ1) is 22.7. The fraction of sp³-hybridized carbons (Fsp3) is 0.261. The summed E-state index contributed by atoms with van der Waals surface area (Å²) in [4.78, 5) is 27.7. The normalized spacial score (nSPS) is 14.2. The molecule has 168 valence electrons. The van der Waals surface area contributed by atoms with Crippen molar-refractivity contribution in [3.63, 3.8) is 0 Å². The molecule has 9 heteroatoms. The van der Waals surface area contributed by atoms with Crippen molar-refractivity contribution in [1.29, 1.82) is 0 Å². The van der Waals surface area contributed by atoms with Gasteiger partial charge in [-0.15, -0.1) is 0 Å². The number of ether oxygens (including phenoxy) is 5. The van der Waals surface area contributed by atoms with Gasteiger partial charge in [-0.2, -0.15) is 0 Å². The summed E-state index contributed by atoms with van der Waals surface area (Å²) in [5, 5.41) is 0. The molecule has 0 saturated heterocycles. The zero-order valence-corrected chi connectivity index (χ0v) is 18.2. The Balaban J connectivity index is 1.89. The highest BCUT2D eigenvalue weighted by Gasteiger charge is 2.25. The molecule has 0 spiro atoms. The molecule has 1 amide bonds. The molecule has 0 saturated carbocycles. The van der Waals surface area contributed by atoms with Crippen LogP contribution in [0.3, 0.4) is 0 Å². The molecule has 3 rings (SSSR count). The van der Waals surface area contributed by atoms with E-state index in [1.165, 1.54) is 20.3 Å². The largest absolute Gasteiger partial charge is 0.493 e. The van der Waals surface area contributed by atoms with Gasteiger partial charge in [-0.05, 0) is 61.9 Å². The van der Waals surface area contributed by atoms with Crippen LogP contribution in [-0.2, 0) is 14.3 Å². The third-order valence-electron chi connectivity index (χ3n) is 4.24. The standard InChI is InChI=1S/C23H24N2O7/c1-13(2)31-16-7-5-15(6-8-16)22-25-17(23(27)32-22)9-14-10-18(28-3)21(19(11-14)29-4)30-12-20(24)26/h5-11,13H,12H2,1-4H3,(H2,24,26)/b17-9-. The van der Waals surface area contributed by atoms with E-state index in [9.17, 15) is 9.59 Å². The number of nitrogens with zero attached hydrogens (tertiary/aromatic N) is 1. The van der Waals surface area contributed by atoms with Gasteiger partial charge in [-0.3, -0.25) is 4.79 Å². The number of esters is 1. The van der Waals surface area contributed by atoms with Crippen LogP contribution < -0.4 is 24.7 Å². The van der Waals surface area contributed by atoms with Gasteiger partial charge in [0.1, 0.15) is 5.75 Å². The van der Waals surface area contributed by atoms with Crippen molar-refractivity contribution >= 4 is 23.9 Å². The lowest BCUT2D eigenvalue weighted by Crippen LogP contribution is -2.20. The lowest BCUT2D eigenvalue weighted by Gasteiger charge is -2.14. The Hall–Kier alpha value is -4.01. The van der Waals surface area contributed by atoms with Crippen molar-refractivity contribution in [2.75, 3.05) is 20.8 Å². The molecule has 0 aliphatic carbocycles. The monoisotopic (exact) mass is 440 g/mol. The summed E-state index contributed by atoms with van der Waals surface area (Å²) < 4.78 is 27.0. The first-order valence-electron chi connectivity index (χ1n) is 9.77. The minimum Gasteiger partial charge on any atom is -0.493 e. The molecule has 0 unspecified atom stereocenters. The van der Waals surface area contributed by atoms with E-state index in [0.717, 1.165) is 0 Å². The molecular formula is C23H24N2O7. The Morgan fingerprint density at radius 2 is 1.75 bits per heavy atom. The maximum Gasteiger partial charge on any atom is 0.363 e. The van der Waals surface area contributed by atoms with Gasteiger partial charge in [0.15, 0.2) is 23.8 Å². The molecule has 2 aromatic carbocycles. The molecule has 1 aliphatic rings. The molecular weight excluding hydrogens is 416 g/mol. The van der Waals surface area contributed by atoms with Crippen molar-refractivity contribution in [1.82, 2.24) is 0 Å². The zero-order valence-electron chi connectivity index (χ0n) is 18.2. The number of hydrogen-bond acceptors (Lipinski definition) is 8. The molecule has 0 atom stereocenters. The van der Waals surface area contributed by atoms with Crippen LogP contribution in [0, 0.1) is 0 Å². The Bertz CT molecular complexity index is 1050. The second-order valence-corrected chi connectivity index (χ2v) is 7.04. The molecule has 1 heterocycles. The van der Waals surface area contributed by atoms with Gasteiger partial charge in [-0.1, -0.05) is 0 Å². The van der Waals surface area contributed by atoms with E-state index in [4.69, 9.17) is 29.4 Å². The number of hydrogen-bond donors (Lipinski definition) is 1. The fourth-order valence-electron chi connectivity index (χ4n) is 2.91. The molecule has 0 bridgehead atoms. The van der Waals surface area contributed by atoms with Gasteiger partial charge >= 0.3 is 5.97 Å². The fourth-order valence-corrected chi connectivity index (χ4v) is 2.91. The van der Waals surface area contributed by atoms with Gasteiger partial charge in [0.05, 0.1) is 20.3 Å². The number of nitrogens with two attached hydrogens (primary N) is 1.